The topological polar surface area (TPSA) is 17.8 Å². The van der Waals surface area contributed by atoms with Crippen LogP contribution in [0.4, 0.5) is 0 Å². The van der Waals surface area contributed by atoms with Crippen molar-refractivity contribution in [1.82, 2.24) is 9.55 Å². The molecule has 0 saturated carbocycles. The van der Waals surface area contributed by atoms with Crippen LogP contribution in [0.15, 0.2) is 67.3 Å². The van der Waals surface area contributed by atoms with Gasteiger partial charge in [-0.3, -0.25) is 0 Å². The van der Waals surface area contributed by atoms with Gasteiger partial charge in [0.15, 0.2) is 0 Å². The van der Waals surface area contributed by atoms with Gasteiger partial charge in [0.2, 0.25) is 0 Å². The maximum Gasteiger partial charge on any atom is 0.0946 e. The smallest absolute Gasteiger partial charge is 0.0946 e. The first-order chi connectivity index (χ1) is 12.2. The van der Waals surface area contributed by atoms with Gasteiger partial charge in [-0.1, -0.05) is 59.7 Å². The third-order valence-corrected chi connectivity index (χ3v) is 6.89. The third kappa shape index (κ3) is 6.75. The molecule has 0 bridgehead atoms. The second kappa shape index (κ2) is 10.7. The van der Waals surface area contributed by atoms with E-state index in [-0.39, 0.29) is 12.4 Å². The van der Waals surface area contributed by atoms with E-state index < -0.39 is 0 Å². The lowest BCUT2D eigenvalue weighted by Crippen LogP contribution is -2.09. The fourth-order valence-electron chi connectivity index (χ4n) is 2.47. The number of imidazole rings is 1. The van der Waals surface area contributed by atoms with Crippen LogP contribution in [0, 0.1) is 13.8 Å². The van der Waals surface area contributed by atoms with E-state index in [1.165, 1.54) is 22.3 Å². The molecular weight excluding hydrogens is 380 g/mol. The van der Waals surface area contributed by atoms with Crippen LogP contribution in [0.2, 0.25) is 0 Å². The summed E-state index contributed by atoms with van der Waals surface area (Å²) in [6.07, 6.45) is 5.81. The van der Waals surface area contributed by atoms with E-state index in [0.717, 1.165) is 18.1 Å². The number of thioether (sulfide) groups is 2. The monoisotopic (exact) mass is 404 g/mol. The van der Waals surface area contributed by atoms with Crippen LogP contribution in [0.1, 0.15) is 22.3 Å². The van der Waals surface area contributed by atoms with Crippen LogP contribution in [0.5, 0.6) is 0 Å². The second-order valence-corrected chi connectivity index (χ2v) is 8.96. The normalized spacial score (nSPS) is 10.7. The molecule has 1 aromatic heterocycles. The summed E-state index contributed by atoms with van der Waals surface area (Å²) in [5, 5.41) is 0. The lowest BCUT2D eigenvalue weighted by molar-refractivity contribution is 0.750. The molecule has 138 valence electrons. The molecule has 0 spiro atoms. The number of nitrogens with zero attached hydrogens (tertiary/aromatic N) is 2. The zero-order valence-corrected chi connectivity index (χ0v) is 17.6. The zero-order chi connectivity index (χ0) is 17.5. The predicted molar refractivity (Wildman–Crippen MR) is 118 cm³/mol. The molecule has 0 aliphatic carbocycles. The molecule has 3 rings (SSSR count). The van der Waals surface area contributed by atoms with Gasteiger partial charge < -0.3 is 4.57 Å². The molecule has 2 nitrogen and oxygen atoms in total. The van der Waals surface area contributed by atoms with Gasteiger partial charge in [0, 0.05) is 30.4 Å². The van der Waals surface area contributed by atoms with Crippen molar-refractivity contribution in [2.45, 2.75) is 36.5 Å². The van der Waals surface area contributed by atoms with Gasteiger partial charge in [0.1, 0.15) is 0 Å². The van der Waals surface area contributed by atoms with Crippen LogP contribution < -0.4 is 0 Å². The standard InChI is InChI=1S/C21H24N2S2.ClH/c1-17-3-7-19(8-4-17)14-24-21(13-23-12-11-22-16-23)25-15-20-9-5-18(2)6-10-20;/h3-12,16,21H,13-15H2,1-2H3;1H. The lowest BCUT2D eigenvalue weighted by atomic mass is 10.2. The van der Waals surface area contributed by atoms with Crippen LogP contribution >= 0.6 is 35.9 Å². The van der Waals surface area contributed by atoms with Crippen molar-refractivity contribution in [3.05, 3.63) is 89.5 Å². The van der Waals surface area contributed by atoms with Gasteiger partial charge in [0.05, 0.1) is 10.9 Å². The van der Waals surface area contributed by atoms with Crippen molar-refractivity contribution in [3.63, 3.8) is 0 Å². The van der Waals surface area contributed by atoms with E-state index in [1.807, 2.05) is 42.2 Å². The SMILES string of the molecule is Cc1ccc(CSC(Cn2ccnc2)SCc2ccc(C)cc2)cc1.Cl. The summed E-state index contributed by atoms with van der Waals surface area (Å²) < 4.78 is 2.67. The van der Waals surface area contributed by atoms with E-state index >= 15 is 0 Å². The van der Waals surface area contributed by atoms with Crippen molar-refractivity contribution >= 4 is 35.9 Å². The van der Waals surface area contributed by atoms with Crippen LogP contribution in [-0.4, -0.2) is 14.1 Å². The number of hydrogen-bond donors (Lipinski definition) is 0. The van der Waals surface area contributed by atoms with E-state index in [2.05, 4.69) is 71.9 Å². The molecule has 0 fully saturated rings. The molecule has 0 atom stereocenters. The summed E-state index contributed by atoms with van der Waals surface area (Å²) in [7, 11) is 0. The van der Waals surface area contributed by atoms with Crippen molar-refractivity contribution in [2.75, 3.05) is 0 Å². The van der Waals surface area contributed by atoms with Gasteiger partial charge >= 0.3 is 0 Å². The number of hydrogen-bond acceptors (Lipinski definition) is 3. The Kier molecular flexibility index (Phi) is 8.63. The molecule has 5 heteroatoms. The van der Waals surface area contributed by atoms with Crippen molar-refractivity contribution in [2.24, 2.45) is 0 Å². The molecule has 0 aliphatic rings. The van der Waals surface area contributed by atoms with Crippen LogP contribution in [-0.2, 0) is 18.1 Å². The van der Waals surface area contributed by atoms with Gasteiger partial charge in [-0.05, 0) is 25.0 Å². The highest BCUT2D eigenvalue weighted by molar-refractivity contribution is 8.16. The average molecular weight is 405 g/mol. The summed E-state index contributed by atoms with van der Waals surface area (Å²) in [5.74, 6) is 2.08. The number of aryl methyl sites for hydroxylation is 2. The summed E-state index contributed by atoms with van der Waals surface area (Å²) in [5.41, 5.74) is 5.42. The Morgan fingerprint density at radius 1 is 0.846 bits per heavy atom. The lowest BCUT2D eigenvalue weighted by Gasteiger charge is -2.17. The minimum absolute atomic E-state index is 0. The fraction of sp³-hybridized carbons (Fsp3) is 0.286. The largest absolute Gasteiger partial charge is 0.336 e. The van der Waals surface area contributed by atoms with Gasteiger partial charge in [-0.2, -0.15) is 0 Å². The number of benzene rings is 2. The first kappa shape index (κ1) is 20.9. The maximum absolute atomic E-state index is 4.18. The van der Waals surface area contributed by atoms with Gasteiger partial charge in [-0.15, -0.1) is 35.9 Å². The Balaban J connectivity index is 0.00000243. The Morgan fingerprint density at radius 2 is 1.35 bits per heavy atom. The van der Waals surface area contributed by atoms with Gasteiger partial charge in [0.25, 0.3) is 0 Å². The van der Waals surface area contributed by atoms with Crippen molar-refractivity contribution in [1.29, 1.82) is 0 Å². The Hall–Kier alpha value is -1.36. The van der Waals surface area contributed by atoms with E-state index in [9.17, 15) is 0 Å². The number of aromatic nitrogens is 2. The Bertz CT molecular complexity index is 706. The summed E-state index contributed by atoms with van der Waals surface area (Å²) in [6, 6.07) is 17.7. The van der Waals surface area contributed by atoms with E-state index in [1.54, 1.807) is 0 Å². The van der Waals surface area contributed by atoms with E-state index in [4.69, 9.17) is 0 Å². The molecule has 2 aromatic carbocycles. The number of rotatable bonds is 8. The maximum atomic E-state index is 4.18. The number of halogens is 1. The predicted octanol–water partition coefficient (Wildman–Crippen LogP) is 6.11. The van der Waals surface area contributed by atoms with Crippen LogP contribution in [0.3, 0.4) is 0 Å². The molecule has 26 heavy (non-hydrogen) atoms. The van der Waals surface area contributed by atoms with Crippen LogP contribution in [0.25, 0.3) is 0 Å². The van der Waals surface area contributed by atoms with Crippen molar-refractivity contribution < 1.29 is 0 Å². The molecule has 3 aromatic rings. The highest BCUT2D eigenvalue weighted by Gasteiger charge is 2.12. The minimum Gasteiger partial charge on any atom is -0.336 e. The zero-order valence-electron chi connectivity index (χ0n) is 15.2. The summed E-state index contributed by atoms with van der Waals surface area (Å²) >= 11 is 4.03. The molecular formula is C21H25ClN2S2. The molecule has 0 saturated heterocycles. The minimum atomic E-state index is 0. The molecule has 0 aliphatic heterocycles. The summed E-state index contributed by atoms with van der Waals surface area (Å²) in [4.78, 5) is 4.18. The third-order valence-electron chi connectivity index (χ3n) is 4.03. The highest BCUT2D eigenvalue weighted by Crippen LogP contribution is 2.31. The summed E-state index contributed by atoms with van der Waals surface area (Å²) in [6.45, 7) is 5.25. The first-order valence-electron chi connectivity index (χ1n) is 8.49. The quantitative estimate of drug-likeness (QED) is 0.421. The van der Waals surface area contributed by atoms with Crippen molar-refractivity contribution in [3.8, 4) is 0 Å². The Labute approximate surface area is 171 Å². The fourth-order valence-corrected chi connectivity index (χ4v) is 4.96. The Morgan fingerprint density at radius 3 is 1.77 bits per heavy atom. The second-order valence-electron chi connectivity index (χ2n) is 6.28. The van der Waals surface area contributed by atoms with E-state index in [0.29, 0.717) is 4.58 Å². The molecule has 0 radical (unpaired) electrons. The van der Waals surface area contributed by atoms with Gasteiger partial charge in [-0.25, -0.2) is 4.98 Å². The molecule has 0 amide bonds. The highest BCUT2D eigenvalue weighted by atomic mass is 35.5. The average Bonchev–Trinajstić information content (AvgIpc) is 3.13. The molecule has 1 heterocycles. The first-order valence-corrected chi connectivity index (χ1v) is 10.6. The molecule has 0 N–H and O–H groups in total. The molecule has 0 unspecified atom stereocenters.